The molecule has 6 heteroatoms. The highest BCUT2D eigenvalue weighted by molar-refractivity contribution is 5.92. The van der Waals surface area contributed by atoms with E-state index in [0.717, 1.165) is 25.7 Å². The van der Waals surface area contributed by atoms with Gasteiger partial charge in [0.25, 0.3) is 0 Å². The van der Waals surface area contributed by atoms with Crippen molar-refractivity contribution >= 4 is 24.2 Å². The Balaban J connectivity index is 0.00000128. The molecule has 0 aromatic rings. The first-order chi connectivity index (χ1) is 7.01. The van der Waals surface area contributed by atoms with E-state index < -0.39 is 5.54 Å². The normalized spacial score (nSPS) is 20.6. The van der Waals surface area contributed by atoms with Gasteiger partial charge in [0.15, 0.2) is 0 Å². The first kappa shape index (κ1) is 13.3. The summed E-state index contributed by atoms with van der Waals surface area (Å²) in [4.78, 5) is 24.5. The van der Waals surface area contributed by atoms with Crippen molar-refractivity contribution in [3.8, 4) is 0 Å². The minimum atomic E-state index is -0.672. The average molecular weight is 248 g/mol. The number of carbonyl (C=O) groups is 2. The molecule has 92 valence electrons. The van der Waals surface area contributed by atoms with E-state index in [-0.39, 0.29) is 30.8 Å². The quantitative estimate of drug-likeness (QED) is 0.712. The lowest BCUT2D eigenvalue weighted by atomic mass is 10.2. The number of hydrogen-bond donors (Lipinski definition) is 2. The van der Waals surface area contributed by atoms with Crippen molar-refractivity contribution < 1.29 is 9.59 Å². The van der Waals surface area contributed by atoms with Crippen molar-refractivity contribution in [1.82, 2.24) is 10.2 Å². The number of nitrogens with zero attached hydrogens (tertiary/aromatic N) is 1. The molecule has 0 bridgehead atoms. The van der Waals surface area contributed by atoms with Gasteiger partial charge < -0.3 is 16.0 Å². The van der Waals surface area contributed by atoms with E-state index in [1.165, 1.54) is 4.90 Å². The summed E-state index contributed by atoms with van der Waals surface area (Å²) in [5.41, 5.74) is 5.09. The maximum atomic E-state index is 11.7. The molecule has 2 amide bonds. The lowest BCUT2D eigenvalue weighted by molar-refractivity contribution is -0.136. The Labute approximate surface area is 101 Å². The number of likely N-dealkylation sites (N-methyl/N-ethyl adjacent to an activating group) is 1. The van der Waals surface area contributed by atoms with Gasteiger partial charge in [-0.3, -0.25) is 9.59 Å². The topological polar surface area (TPSA) is 75.4 Å². The highest BCUT2D eigenvalue weighted by Crippen LogP contribution is 2.33. The van der Waals surface area contributed by atoms with E-state index in [2.05, 4.69) is 5.32 Å². The van der Waals surface area contributed by atoms with E-state index in [1.807, 2.05) is 0 Å². The third kappa shape index (κ3) is 3.09. The highest BCUT2D eigenvalue weighted by atomic mass is 35.5. The van der Waals surface area contributed by atoms with Crippen LogP contribution in [-0.4, -0.2) is 41.9 Å². The first-order valence-corrected chi connectivity index (χ1v) is 5.35. The predicted molar refractivity (Wildman–Crippen MR) is 62.2 cm³/mol. The summed E-state index contributed by atoms with van der Waals surface area (Å²) in [5, 5.41) is 2.84. The third-order valence-corrected chi connectivity index (χ3v) is 2.88. The van der Waals surface area contributed by atoms with Crippen LogP contribution in [-0.2, 0) is 9.59 Å². The SMILES string of the molecule is CN(CC(=O)NC1CC1)C(=O)C1(N)CC1.Cl. The van der Waals surface area contributed by atoms with Gasteiger partial charge in [0.05, 0.1) is 12.1 Å². The zero-order valence-electron chi connectivity index (χ0n) is 9.36. The van der Waals surface area contributed by atoms with Crippen LogP contribution in [0.4, 0.5) is 0 Å². The Morgan fingerprint density at radius 1 is 1.44 bits per heavy atom. The molecule has 2 aliphatic carbocycles. The van der Waals surface area contributed by atoms with Crippen molar-refractivity contribution in [3.05, 3.63) is 0 Å². The Kier molecular flexibility index (Phi) is 3.80. The molecule has 2 fully saturated rings. The molecule has 0 atom stereocenters. The van der Waals surface area contributed by atoms with Crippen molar-refractivity contribution in [2.75, 3.05) is 13.6 Å². The van der Waals surface area contributed by atoms with Crippen LogP contribution in [0, 0.1) is 0 Å². The molecular weight excluding hydrogens is 230 g/mol. The van der Waals surface area contributed by atoms with Gasteiger partial charge in [0.1, 0.15) is 0 Å². The van der Waals surface area contributed by atoms with Crippen molar-refractivity contribution in [2.45, 2.75) is 37.3 Å². The molecule has 2 aliphatic rings. The lowest BCUT2D eigenvalue weighted by Crippen LogP contribution is -2.47. The summed E-state index contributed by atoms with van der Waals surface area (Å²) in [6, 6.07) is 0.341. The Hall–Kier alpha value is -0.810. The number of halogens is 1. The second kappa shape index (κ2) is 4.59. The molecule has 3 N–H and O–H groups in total. The number of rotatable bonds is 4. The largest absolute Gasteiger partial charge is 0.352 e. The molecular formula is C10H18ClN3O2. The summed E-state index contributed by atoms with van der Waals surface area (Å²) in [6.07, 6.45) is 3.59. The van der Waals surface area contributed by atoms with Crippen molar-refractivity contribution in [2.24, 2.45) is 5.73 Å². The molecule has 0 saturated heterocycles. The van der Waals surface area contributed by atoms with Crippen LogP contribution < -0.4 is 11.1 Å². The Bertz CT molecular complexity index is 300. The number of carbonyl (C=O) groups excluding carboxylic acids is 2. The minimum Gasteiger partial charge on any atom is -0.352 e. The van der Waals surface area contributed by atoms with E-state index >= 15 is 0 Å². The molecule has 0 aromatic carbocycles. The lowest BCUT2D eigenvalue weighted by Gasteiger charge is -2.20. The molecule has 0 unspecified atom stereocenters. The minimum absolute atomic E-state index is 0. The summed E-state index contributed by atoms with van der Waals surface area (Å²) in [6.45, 7) is 0.119. The third-order valence-electron chi connectivity index (χ3n) is 2.88. The number of amides is 2. The number of nitrogens with one attached hydrogen (secondary N) is 1. The molecule has 2 saturated carbocycles. The summed E-state index contributed by atoms with van der Waals surface area (Å²) in [7, 11) is 1.63. The highest BCUT2D eigenvalue weighted by Gasteiger charge is 2.47. The molecule has 0 heterocycles. The molecule has 16 heavy (non-hydrogen) atoms. The van der Waals surface area contributed by atoms with Gasteiger partial charge in [-0.2, -0.15) is 0 Å². The summed E-state index contributed by atoms with van der Waals surface area (Å²) < 4.78 is 0. The molecule has 0 radical (unpaired) electrons. The first-order valence-electron chi connectivity index (χ1n) is 5.35. The predicted octanol–water partition coefficient (Wildman–Crippen LogP) is -0.363. The van der Waals surface area contributed by atoms with Crippen LogP contribution in [0.2, 0.25) is 0 Å². The molecule has 2 rings (SSSR count). The molecule has 0 spiro atoms. The van der Waals surface area contributed by atoms with Gasteiger partial charge in [0.2, 0.25) is 11.8 Å². The smallest absolute Gasteiger partial charge is 0.242 e. The fraction of sp³-hybridized carbons (Fsp3) is 0.800. The van der Waals surface area contributed by atoms with Gasteiger partial charge in [-0.1, -0.05) is 0 Å². The molecule has 5 nitrogen and oxygen atoms in total. The zero-order chi connectivity index (χ0) is 11.1. The Morgan fingerprint density at radius 2 is 2.00 bits per heavy atom. The fourth-order valence-electron chi connectivity index (χ4n) is 1.52. The standard InChI is InChI=1S/C10H17N3O2.ClH/c1-13(9(15)10(11)4-5-10)6-8(14)12-7-2-3-7;/h7H,2-6,11H2,1H3,(H,12,14);1H. The fourth-order valence-corrected chi connectivity index (χ4v) is 1.52. The number of hydrogen-bond acceptors (Lipinski definition) is 3. The number of nitrogens with two attached hydrogens (primary N) is 1. The van der Waals surface area contributed by atoms with E-state index in [0.29, 0.717) is 6.04 Å². The molecule has 0 aliphatic heterocycles. The summed E-state index contributed by atoms with van der Waals surface area (Å²) in [5.74, 6) is -0.203. The van der Waals surface area contributed by atoms with Gasteiger partial charge in [0, 0.05) is 13.1 Å². The second-order valence-electron chi connectivity index (χ2n) is 4.66. The van der Waals surface area contributed by atoms with Crippen molar-refractivity contribution in [1.29, 1.82) is 0 Å². The van der Waals surface area contributed by atoms with Crippen LogP contribution in [0.5, 0.6) is 0 Å². The van der Waals surface area contributed by atoms with Crippen LogP contribution in [0.25, 0.3) is 0 Å². The Morgan fingerprint density at radius 3 is 2.44 bits per heavy atom. The second-order valence-corrected chi connectivity index (χ2v) is 4.66. The maximum Gasteiger partial charge on any atom is 0.242 e. The maximum absolute atomic E-state index is 11.7. The van der Waals surface area contributed by atoms with Gasteiger partial charge in [-0.05, 0) is 25.7 Å². The van der Waals surface area contributed by atoms with Crippen molar-refractivity contribution in [3.63, 3.8) is 0 Å². The van der Waals surface area contributed by atoms with Gasteiger partial charge in [-0.15, -0.1) is 12.4 Å². The van der Waals surface area contributed by atoms with E-state index in [4.69, 9.17) is 5.73 Å². The van der Waals surface area contributed by atoms with Crippen LogP contribution in [0.15, 0.2) is 0 Å². The zero-order valence-corrected chi connectivity index (χ0v) is 10.2. The van der Waals surface area contributed by atoms with Crippen LogP contribution in [0.1, 0.15) is 25.7 Å². The summed E-state index contributed by atoms with van der Waals surface area (Å²) >= 11 is 0. The van der Waals surface area contributed by atoms with Crippen LogP contribution in [0.3, 0.4) is 0 Å². The van der Waals surface area contributed by atoms with E-state index in [9.17, 15) is 9.59 Å². The average Bonchev–Trinajstić information content (AvgIpc) is 3.03. The monoisotopic (exact) mass is 247 g/mol. The molecule has 0 aromatic heterocycles. The van der Waals surface area contributed by atoms with Gasteiger partial charge in [-0.25, -0.2) is 0 Å². The van der Waals surface area contributed by atoms with E-state index in [1.54, 1.807) is 7.05 Å². The van der Waals surface area contributed by atoms with Crippen LogP contribution >= 0.6 is 12.4 Å². The van der Waals surface area contributed by atoms with Gasteiger partial charge >= 0.3 is 0 Å².